The minimum Gasteiger partial charge on any atom is -0.490 e. The number of halogens is 3. The minimum absolute atomic E-state index is 0. The van der Waals surface area contributed by atoms with E-state index in [0.29, 0.717) is 24.4 Å². The van der Waals surface area contributed by atoms with Crippen molar-refractivity contribution in [3.8, 4) is 11.5 Å². The van der Waals surface area contributed by atoms with E-state index in [-0.39, 0.29) is 18.2 Å². The molecule has 1 aromatic rings. The number of rotatable bonds is 6. The van der Waals surface area contributed by atoms with Crippen molar-refractivity contribution in [1.29, 1.82) is 0 Å². The summed E-state index contributed by atoms with van der Waals surface area (Å²) in [6.07, 6.45) is 0. The van der Waals surface area contributed by atoms with Crippen LogP contribution in [0, 0.1) is 0 Å². The normalized spacial score (nSPS) is 21.8. The van der Waals surface area contributed by atoms with Crippen LogP contribution < -0.4 is 14.8 Å². The third-order valence-electron chi connectivity index (χ3n) is 3.80. The first-order valence-electron chi connectivity index (χ1n) is 7.67. The number of hydrogen-bond acceptors (Lipinski definition) is 4. The number of piperazine rings is 1. The highest BCUT2D eigenvalue weighted by Crippen LogP contribution is 2.30. The SMILES string of the molecule is CCOc1cc(CN2CC(C)NCC2C)ccc1OC(F)F.Cl. The second-order valence-electron chi connectivity index (χ2n) is 5.68. The molecule has 23 heavy (non-hydrogen) atoms. The minimum atomic E-state index is -2.85. The maximum Gasteiger partial charge on any atom is 0.387 e. The van der Waals surface area contributed by atoms with Gasteiger partial charge in [-0.05, 0) is 38.5 Å². The molecule has 0 saturated carbocycles. The Kier molecular flexibility index (Phi) is 8.02. The van der Waals surface area contributed by atoms with Crippen molar-refractivity contribution >= 4 is 12.4 Å². The molecular weight excluding hydrogens is 326 g/mol. The molecule has 2 rings (SSSR count). The van der Waals surface area contributed by atoms with Crippen LogP contribution in [0.3, 0.4) is 0 Å². The number of nitrogens with zero attached hydrogens (tertiary/aromatic N) is 1. The lowest BCUT2D eigenvalue weighted by Gasteiger charge is -2.37. The van der Waals surface area contributed by atoms with Gasteiger partial charge >= 0.3 is 6.61 Å². The fourth-order valence-electron chi connectivity index (χ4n) is 2.66. The maximum atomic E-state index is 12.4. The zero-order valence-electron chi connectivity index (χ0n) is 13.7. The van der Waals surface area contributed by atoms with Crippen molar-refractivity contribution in [3.63, 3.8) is 0 Å². The standard InChI is InChI=1S/C16H24F2N2O2.ClH/c1-4-21-15-7-13(5-6-14(15)22-16(17)18)10-20-9-11(2)19-8-12(20)3;/h5-7,11-12,16,19H,4,8-10H2,1-3H3;1H. The zero-order chi connectivity index (χ0) is 16.1. The molecule has 132 valence electrons. The van der Waals surface area contributed by atoms with Crippen molar-refractivity contribution in [3.05, 3.63) is 23.8 Å². The second kappa shape index (κ2) is 9.25. The van der Waals surface area contributed by atoms with E-state index < -0.39 is 6.61 Å². The molecule has 1 aliphatic heterocycles. The zero-order valence-corrected chi connectivity index (χ0v) is 14.5. The Morgan fingerprint density at radius 3 is 2.70 bits per heavy atom. The van der Waals surface area contributed by atoms with E-state index in [1.54, 1.807) is 12.1 Å². The molecule has 1 aliphatic rings. The van der Waals surface area contributed by atoms with Crippen molar-refractivity contribution in [2.45, 2.75) is 46.0 Å². The second-order valence-corrected chi connectivity index (χ2v) is 5.68. The third-order valence-corrected chi connectivity index (χ3v) is 3.80. The van der Waals surface area contributed by atoms with E-state index in [1.165, 1.54) is 0 Å². The van der Waals surface area contributed by atoms with E-state index >= 15 is 0 Å². The van der Waals surface area contributed by atoms with Gasteiger partial charge in [0.1, 0.15) is 0 Å². The summed E-state index contributed by atoms with van der Waals surface area (Å²) in [6, 6.07) is 6.05. The van der Waals surface area contributed by atoms with E-state index in [9.17, 15) is 8.78 Å². The molecule has 1 fully saturated rings. The number of nitrogens with one attached hydrogen (secondary N) is 1. The monoisotopic (exact) mass is 350 g/mol. The van der Waals surface area contributed by atoms with Gasteiger partial charge in [0, 0.05) is 31.7 Å². The van der Waals surface area contributed by atoms with Crippen molar-refractivity contribution in [2.24, 2.45) is 0 Å². The summed E-state index contributed by atoms with van der Waals surface area (Å²) in [5, 5.41) is 3.44. The molecule has 7 heteroatoms. The topological polar surface area (TPSA) is 33.7 Å². The van der Waals surface area contributed by atoms with E-state index in [0.717, 1.165) is 25.2 Å². The summed E-state index contributed by atoms with van der Waals surface area (Å²) in [6.45, 7) is 6.39. The molecule has 1 saturated heterocycles. The van der Waals surface area contributed by atoms with Gasteiger partial charge in [-0.15, -0.1) is 12.4 Å². The molecule has 0 spiro atoms. The molecule has 0 aromatic heterocycles. The van der Waals surface area contributed by atoms with Gasteiger partial charge in [-0.25, -0.2) is 0 Å². The first-order chi connectivity index (χ1) is 10.5. The highest BCUT2D eigenvalue weighted by molar-refractivity contribution is 5.85. The Morgan fingerprint density at radius 2 is 2.04 bits per heavy atom. The van der Waals surface area contributed by atoms with Gasteiger partial charge in [0.25, 0.3) is 0 Å². The van der Waals surface area contributed by atoms with Gasteiger partial charge in [0.05, 0.1) is 6.61 Å². The summed E-state index contributed by atoms with van der Waals surface area (Å²) in [4.78, 5) is 2.37. The maximum absolute atomic E-state index is 12.4. The lowest BCUT2D eigenvalue weighted by Crippen LogP contribution is -2.53. The fourth-order valence-corrected chi connectivity index (χ4v) is 2.66. The molecule has 1 N–H and O–H groups in total. The first-order valence-corrected chi connectivity index (χ1v) is 7.67. The van der Waals surface area contributed by atoms with Crippen LogP contribution in [0.15, 0.2) is 18.2 Å². The number of ether oxygens (including phenoxy) is 2. The summed E-state index contributed by atoms with van der Waals surface area (Å²) < 4.78 is 34.8. The van der Waals surface area contributed by atoms with Crippen LogP contribution in [-0.4, -0.2) is 43.3 Å². The van der Waals surface area contributed by atoms with Crippen LogP contribution in [0.4, 0.5) is 8.78 Å². The van der Waals surface area contributed by atoms with Gasteiger partial charge in [0.15, 0.2) is 11.5 Å². The highest BCUT2D eigenvalue weighted by Gasteiger charge is 2.22. The van der Waals surface area contributed by atoms with Crippen LogP contribution in [0.5, 0.6) is 11.5 Å². The molecule has 0 bridgehead atoms. The molecule has 2 unspecified atom stereocenters. The molecule has 4 nitrogen and oxygen atoms in total. The lowest BCUT2D eigenvalue weighted by atomic mass is 10.1. The average Bonchev–Trinajstić information content (AvgIpc) is 2.45. The van der Waals surface area contributed by atoms with Gasteiger partial charge < -0.3 is 14.8 Å². The lowest BCUT2D eigenvalue weighted by molar-refractivity contribution is -0.0514. The van der Waals surface area contributed by atoms with Gasteiger partial charge in [0.2, 0.25) is 0 Å². The van der Waals surface area contributed by atoms with Crippen molar-refractivity contribution in [2.75, 3.05) is 19.7 Å². The van der Waals surface area contributed by atoms with E-state index in [2.05, 4.69) is 28.8 Å². The highest BCUT2D eigenvalue weighted by atomic mass is 35.5. The Bertz CT molecular complexity index is 491. The Balaban J connectivity index is 0.00000264. The van der Waals surface area contributed by atoms with E-state index in [4.69, 9.17) is 4.74 Å². The summed E-state index contributed by atoms with van der Waals surface area (Å²) in [5.74, 6) is 0.457. The molecular formula is C16H25ClF2N2O2. The molecule has 1 heterocycles. The molecule has 0 aliphatic carbocycles. The molecule has 1 aromatic carbocycles. The first kappa shape index (κ1) is 19.9. The van der Waals surface area contributed by atoms with Crippen LogP contribution in [0.1, 0.15) is 26.3 Å². The van der Waals surface area contributed by atoms with Crippen LogP contribution in [0.25, 0.3) is 0 Å². The van der Waals surface area contributed by atoms with Crippen molar-refractivity contribution < 1.29 is 18.3 Å². The third kappa shape index (κ3) is 5.79. The Morgan fingerprint density at radius 1 is 1.30 bits per heavy atom. The number of alkyl halides is 2. The summed E-state index contributed by atoms with van der Waals surface area (Å²) >= 11 is 0. The van der Waals surface area contributed by atoms with Gasteiger partial charge in [-0.2, -0.15) is 8.78 Å². The van der Waals surface area contributed by atoms with Crippen molar-refractivity contribution in [1.82, 2.24) is 10.2 Å². The predicted octanol–water partition coefficient (Wildman–Crippen LogP) is 3.29. The molecule has 0 amide bonds. The fraction of sp³-hybridized carbons (Fsp3) is 0.625. The largest absolute Gasteiger partial charge is 0.490 e. The van der Waals surface area contributed by atoms with E-state index in [1.807, 2.05) is 13.0 Å². The number of benzene rings is 1. The quantitative estimate of drug-likeness (QED) is 0.853. The summed E-state index contributed by atoms with van der Waals surface area (Å²) in [5.41, 5.74) is 1.03. The number of hydrogen-bond donors (Lipinski definition) is 1. The Hall–Kier alpha value is -1.11. The van der Waals surface area contributed by atoms with Crippen LogP contribution >= 0.6 is 12.4 Å². The predicted molar refractivity (Wildman–Crippen MR) is 88.8 cm³/mol. The van der Waals surface area contributed by atoms with Crippen LogP contribution in [-0.2, 0) is 6.54 Å². The van der Waals surface area contributed by atoms with Gasteiger partial charge in [-0.3, -0.25) is 4.90 Å². The Labute approximate surface area is 142 Å². The molecule has 2 atom stereocenters. The summed E-state index contributed by atoms with van der Waals surface area (Å²) in [7, 11) is 0. The van der Waals surface area contributed by atoms with Gasteiger partial charge in [-0.1, -0.05) is 6.07 Å². The smallest absolute Gasteiger partial charge is 0.387 e. The van der Waals surface area contributed by atoms with Crippen LogP contribution in [0.2, 0.25) is 0 Å². The molecule has 0 radical (unpaired) electrons. The average molecular weight is 351 g/mol.